The number of rotatable bonds is 8. The molecule has 1 N–H and O–H groups in total. The lowest BCUT2D eigenvalue weighted by molar-refractivity contribution is -0.116. The number of hydrogen-bond acceptors (Lipinski definition) is 4. The fourth-order valence-electron chi connectivity index (χ4n) is 2.26. The molecule has 0 saturated carbocycles. The number of methoxy groups -OCH3 is 2. The van der Waals surface area contributed by atoms with E-state index >= 15 is 0 Å². The van der Waals surface area contributed by atoms with Crippen LogP contribution in [0.3, 0.4) is 0 Å². The zero-order valence-corrected chi connectivity index (χ0v) is 16.3. The summed E-state index contributed by atoms with van der Waals surface area (Å²) in [6.07, 6.45) is 2.66. The Morgan fingerprint density at radius 2 is 1.81 bits per heavy atom. The van der Waals surface area contributed by atoms with Crippen molar-refractivity contribution in [2.45, 2.75) is 13.2 Å². The van der Waals surface area contributed by atoms with E-state index in [0.29, 0.717) is 21.5 Å². The number of carbonyl (C=O) groups is 1. The minimum absolute atomic E-state index is 0.0165. The second-order valence-electron chi connectivity index (χ2n) is 5.30. The van der Waals surface area contributed by atoms with Gasteiger partial charge in [-0.15, -0.1) is 0 Å². The highest BCUT2D eigenvalue weighted by atomic mass is 79.9. The van der Waals surface area contributed by atoms with Gasteiger partial charge in [-0.25, -0.2) is 0 Å². The minimum atomic E-state index is -2.95. The Labute approximate surface area is 164 Å². The topological polar surface area (TPSA) is 56.8 Å². The van der Waals surface area contributed by atoms with Gasteiger partial charge in [0.25, 0.3) is 0 Å². The van der Waals surface area contributed by atoms with Crippen LogP contribution in [0.4, 0.5) is 8.78 Å². The highest BCUT2D eigenvalue weighted by Crippen LogP contribution is 2.28. The van der Waals surface area contributed by atoms with Gasteiger partial charge in [-0.05, 0) is 42.0 Å². The third kappa shape index (κ3) is 6.25. The number of nitrogens with one attached hydrogen (secondary N) is 1. The van der Waals surface area contributed by atoms with Gasteiger partial charge >= 0.3 is 6.61 Å². The molecule has 1 amide bonds. The molecule has 27 heavy (non-hydrogen) atoms. The molecule has 2 aromatic rings. The molecule has 0 aliphatic carbocycles. The lowest BCUT2D eigenvalue weighted by Crippen LogP contribution is -2.20. The molecule has 0 spiro atoms. The van der Waals surface area contributed by atoms with Crippen LogP contribution in [0.2, 0.25) is 0 Å². The summed E-state index contributed by atoms with van der Waals surface area (Å²) in [6.45, 7) is -2.68. The summed E-state index contributed by atoms with van der Waals surface area (Å²) in [5.74, 6) is 0.751. The van der Waals surface area contributed by atoms with E-state index in [1.54, 1.807) is 30.3 Å². The average molecular weight is 442 g/mol. The van der Waals surface area contributed by atoms with Gasteiger partial charge in [0, 0.05) is 22.7 Å². The Balaban J connectivity index is 2.03. The van der Waals surface area contributed by atoms with E-state index in [-0.39, 0.29) is 18.2 Å². The SMILES string of the molecule is COc1ccc(CNC(=O)/C=C/c2cc(Br)ccc2OC(F)F)cc1OC. The third-order valence-corrected chi connectivity index (χ3v) is 4.01. The highest BCUT2D eigenvalue weighted by Gasteiger charge is 2.09. The molecule has 0 unspecified atom stereocenters. The molecule has 0 aromatic heterocycles. The van der Waals surface area contributed by atoms with Crippen LogP contribution in [0.1, 0.15) is 11.1 Å². The lowest BCUT2D eigenvalue weighted by atomic mass is 10.2. The predicted molar refractivity (Wildman–Crippen MR) is 101 cm³/mol. The molecule has 0 radical (unpaired) electrons. The van der Waals surface area contributed by atoms with E-state index in [1.807, 2.05) is 0 Å². The smallest absolute Gasteiger partial charge is 0.387 e. The maximum absolute atomic E-state index is 12.5. The molecule has 0 atom stereocenters. The fourth-order valence-corrected chi connectivity index (χ4v) is 2.64. The first-order chi connectivity index (χ1) is 12.9. The molecule has 0 bridgehead atoms. The Bertz CT molecular complexity index is 827. The van der Waals surface area contributed by atoms with Gasteiger partial charge in [0.15, 0.2) is 11.5 Å². The summed E-state index contributed by atoms with van der Waals surface area (Å²) >= 11 is 3.26. The molecule has 0 aliphatic heterocycles. The number of benzene rings is 2. The van der Waals surface area contributed by atoms with Crippen LogP contribution in [0.15, 0.2) is 46.9 Å². The van der Waals surface area contributed by atoms with Crippen molar-refractivity contribution in [2.24, 2.45) is 0 Å². The summed E-state index contributed by atoms with van der Waals surface area (Å²) in [7, 11) is 3.07. The molecule has 2 rings (SSSR count). The van der Waals surface area contributed by atoms with Crippen molar-refractivity contribution in [1.29, 1.82) is 0 Å². The molecule has 0 saturated heterocycles. The normalized spacial score (nSPS) is 10.9. The van der Waals surface area contributed by atoms with E-state index < -0.39 is 6.61 Å². The summed E-state index contributed by atoms with van der Waals surface area (Å²) in [5, 5.41) is 2.71. The van der Waals surface area contributed by atoms with Crippen LogP contribution < -0.4 is 19.5 Å². The molecule has 0 fully saturated rings. The van der Waals surface area contributed by atoms with E-state index in [9.17, 15) is 13.6 Å². The second kappa shape index (κ2) is 9.91. The lowest BCUT2D eigenvalue weighted by Gasteiger charge is -2.10. The number of carbonyl (C=O) groups excluding carboxylic acids is 1. The largest absolute Gasteiger partial charge is 0.493 e. The van der Waals surface area contributed by atoms with Crippen molar-refractivity contribution >= 4 is 27.9 Å². The molecule has 0 heterocycles. The number of hydrogen-bond donors (Lipinski definition) is 1. The van der Waals surface area contributed by atoms with Crippen molar-refractivity contribution < 1.29 is 27.8 Å². The molecule has 5 nitrogen and oxygen atoms in total. The fraction of sp³-hybridized carbons (Fsp3) is 0.211. The number of amides is 1. The summed E-state index contributed by atoms with van der Waals surface area (Å²) in [4.78, 5) is 12.0. The summed E-state index contributed by atoms with van der Waals surface area (Å²) in [6, 6.07) is 9.85. The number of ether oxygens (including phenoxy) is 3. The number of alkyl halides is 2. The van der Waals surface area contributed by atoms with Crippen molar-refractivity contribution in [1.82, 2.24) is 5.32 Å². The molecule has 8 heteroatoms. The van der Waals surface area contributed by atoms with E-state index in [2.05, 4.69) is 26.0 Å². The quantitative estimate of drug-likeness (QED) is 0.616. The maximum atomic E-state index is 12.5. The van der Waals surface area contributed by atoms with Crippen molar-refractivity contribution in [3.8, 4) is 17.2 Å². The van der Waals surface area contributed by atoms with Crippen LogP contribution in [-0.2, 0) is 11.3 Å². The van der Waals surface area contributed by atoms with Crippen LogP contribution >= 0.6 is 15.9 Å². The van der Waals surface area contributed by atoms with Gasteiger partial charge in [-0.1, -0.05) is 22.0 Å². The van der Waals surface area contributed by atoms with Crippen LogP contribution in [-0.4, -0.2) is 26.7 Å². The monoisotopic (exact) mass is 441 g/mol. The van der Waals surface area contributed by atoms with Gasteiger partial charge in [0.1, 0.15) is 5.75 Å². The van der Waals surface area contributed by atoms with Gasteiger partial charge in [0.2, 0.25) is 5.91 Å². The Kier molecular flexibility index (Phi) is 7.60. The van der Waals surface area contributed by atoms with Crippen LogP contribution in [0.5, 0.6) is 17.2 Å². The van der Waals surface area contributed by atoms with Crippen molar-refractivity contribution in [3.05, 3.63) is 58.1 Å². The Morgan fingerprint density at radius 3 is 2.48 bits per heavy atom. The summed E-state index contributed by atoms with van der Waals surface area (Å²) < 4.78 is 40.4. The van der Waals surface area contributed by atoms with Gasteiger partial charge in [0.05, 0.1) is 14.2 Å². The first kappa shape index (κ1) is 20.7. The molecule has 0 aliphatic rings. The molecular formula is C19H18BrF2NO4. The standard InChI is InChI=1S/C19H18BrF2NO4/c1-25-16-6-3-12(9-17(16)26-2)11-23-18(24)8-4-13-10-14(20)5-7-15(13)27-19(21)22/h3-10,19H,11H2,1-2H3,(H,23,24)/b8-4+. The maximum Gasteiger partial charge on any atom is 0.387 e. The molecular weight excluding hydrogens is 424 g/mol. The van der Waals surface area contributed by atoms with Gasteiger partial charge in [-0.3, -0.25) is 4.79 Å². The average Bonchev–Trinajstić information content (AvgIpc) is 2.65. The van der Waals surface area contributed by atoms with Crippen molar-refractivity contribution in [2.75, 3.05) is 14.2 Å². The zero-order valence-electron chi connectivity index (χ0n) is 14.7. The third-order valence-electron chi connectivity index (χ3n) is 3.52. The summed E-state index contributed by atoms with van der Waals surface area (Å²) in [5.41, 5.74) is 1.17. The predicted octanol–water partition coefficient (Wildman–Crippen LogP) is 4.40. The number of halogens is 3. The Morgan fingerprint density at radius 1 is 1.11 bits per heavy atom. The van der Waals surface area contributed by atoms with Crippen molar-refractivity contribution in [3.63, 3.8) is 0 Å². The second-order valence-corrected chi connectivity index (χ2v) is 6.22. The van der Waals surface area contributed by atoms with Crippen LogP contribution in [0.25, 0.3) is 6.08 Å². The van der Waals surface area contributed by atoms with Gasteiger partial charge < -0.3 is 19.5 Å². The van der Waals surface area contributed by atoms with Crippen LogP contribution in [0, 0.1) is 0 Å². The molecule has 2 aromatic carbocycles. The molecule has 144 valence electrons. The Hall–Kier alpha value is -2.61. The minimum Gasteiger partial charge on any atom is -0.493 e. The first-order valence-corrected chi connectivity index (χ1v) is 8.63. The van der Waals surface area contributed by atoms with Gasteiger partial charge in [-0.2, -0.15) is 8.78 Å². The first-order valence-electron chi connectivity index (χ1n) is 7.84. The van der Waals surface area contributed by atoms with E-state index in [4.69, 9.17) is 9.47 Å². The highest BCUT2D eigenvalue weighted by molar-refractivity contribution is 9.10. The van der Waals surface area contributed by atoms with E-state index in [1.165, 1.54) is 32.4 Å². The van der Waals surface area contributed by atoms with E-state index in [0.717, 1.165) is 5.56 Å². The zero-order chi connectivity index (χ0) is 19.8.